The summed E-state index contributed by atoms with van der Waals surface area (Å²) in [6.45, 7) is 2.91. The van der Waals surface area contributed by atoms with Crippen molar-refractivity contribution in [3.63, 3.8) is 0 Å². The number of amides is 2. The van der Waals surface area contributed by atoms with Gasteiger partial charge in [-0.15, -0.1) is 0 Å². The quantitative estimate of drug-likeness (QED) is 0.806. The molecule has 3 aliphatic heterocycles. The van der Waals surface area contributed by atoms with Gasteiger partial charge in [0, 0.05) is 49.6 Å². The fraction of sp³-hybridized carbons (Fsp3) is 0.556. The average Bonchev–Trinajstić information content (AvgIpc) is 3.23. The first-order chi connectivity index (χ1) is 12.1. The summed E-state index contributed by atoms with van der Waals surface area (Å²) in [4.78, 5) is 28.7. The number of carbonyl (C=O) groups is 2. The smallest absolute Gasteiger partial charge is 0.228 e. The molecule has 4 rings (SSSR count). The molecule has 3 heterocycles. The van der Waals surface area contributed by atoms with E-state index >= 15 is 0 Å². The van der Waals surface area contributed by atoms with Crippen molar-refractivity contribution in [1.82, 2.24) is 4.90 Å². The van der Waals surface area contributed by atoms with Crippen LogP contribution in [0.3, 0.4) is 0 Å². The second-order valence-electron chi connectivity index (χ2n) is 6.81. The van der Waals surface area contributed by atoms with E-state index in [4.69, 9.17) is 21.1 Å². The molecule has 3 saturated heterocycles. The van der Waals surface area contributed by atoms with Gasteiger partial charge in [0.25, 0.3) is 0 Å². The number of benzene rings is 1. The summed E-state index contributed by atoms with van der Waals surface area (Å²) < 4.78 is 11.4. The van der Waals surface area contributed by atoms with E-state index in [1.165, 1.54) is 0 Å². The summed E-state index contributed by atoms with van der Waals surface area (Å²) in [5.74, 6) is -0.741. The Morgan fingerprint density at radius 3 is 2.40 bits per heavy atom. The van der Waals surface area contributed by atoms with Gasteiger partial charge in [0.1, 0.15) is 0 Å². The molecule has 1 atom stereocenters. The van der Waals surface area contributed by atoms with Crippen LogP contribution in [-0.4, -0.2) is 55.3 Å². The summed E-state index contributed by atoms with van der Waals surface area (Å²) in [5.41, 5.74) is 0.787. The Bertz CT molecular complexity index is 662. The van der Waals surface area contributed by atoms with E-state index < -0.39 is 5.79 Å². The van der Waals surface area contributed by atoms with E-state index in [-0.39, 0.29) is 24.2 Å². The first-order valence-electron chi connectivity index (χ1n) is 8.69. The second kappa shape index (κ2) is 6.59. The van der Waals surface area contributed by atoms with Crippen molar-refractivity contribution < 1.29 is 19.1 Å². The standard InChI is InChI=1S/C18H21ClN2O4/c19-14-1-3-15(4-2-14)21-12-13(11-16(21)22)17(23)20-7-5-18(6-8-20)24-9-10-25-18/h1-4,13H,5-12H2. The lowest BCUT2D eigenvalue weighted by Crippen LogP contribution is -2.49. The third kappa shape index (κ3) is 3.26. The molecule has 1 spiro atoms. The molecule has 1 aromatic carbocycles. The number of anilines is 1. The minimum atomic E-state index is -0.488. The summed E-state index contributed by atoms with van der Waals surface area (Å²) >= 11 is 5.90. The van der Waals surface area contributed by atoms with Crippen LogP contribution in [0.2, 0.25) is 5.02 Å². The molecule has 0 N–H and O–H groups in total. The number of piperidine rings is 1. The molecule has 0 aliphatic carbocycles. The third-order valence-electron chi connectivity index (χ3n) is 5.26. The van der Waals surface area contributed by atoms with Gasteiger partial charge >= 0.3 is 0 Å². The van der Waals surface area contributed by atoms with Gasteiger partial charge in [0.15, 0.2) is 5.79 Å². The molecule has 6 nitrogen and oxygen atoms in total. The summed E-state index contributed by atoms with van der Waals surface area (Å²) in [6, 6.07) is 7.13. The van der Waals surface area contributed by atoms with Crippen LogP contribution in [0.15, 0.2) is 24.3 Å². The number of hydrogen-bond acceptors (Lipinski definition) is 4. The van der Waals surface area contributed by atoms with Crippen molar-refractivity contribution in [2.45, 2.75) is 25.0 Å². The minimum absolute atomic E-state index is 0.0170. The molecule has 25 heavy (non-hydrogen) atoms. The number of carbonyl (C=O) groups excluding carboxylic acids is 2. The maximum atomic E-state index is 12.8. The van der Waals surface area contributed by atoms with E-state index in [0.29, 0.717) is 50.7 Å². The Morgan fingerprint density at radius 1 is 1.12 bits per heavy atom. The van der Waals surface area contributed by atoms with Gasteiger partial charge in [-0.1, -0.05) is 11.6 Å². The van der Waals surface area contributed by atoms with Crippen LogP contribution in [0, 0.1) is 5.92 Å². The van der Waals surface area contributed by atoms with Gasteiger partial charge in [-0.05, 0) is 24.3 Å². The fourth-order valence-corrected chi connectivity index (χ4v) is 3.98. The Kier molecular flexibility index (Phi) is 4.43. The monoisotopic (exact) mass is 364 g/mol. The Labute approximate surface area is 151 Å². The summed E-state index contributed by atoms with van der Waals surface area (Å²) in [6.07, 6.45) is 1.65. The predicted molar refractivity (Wildman–Crippen MR) is 92.4 cm³/mol. The largest absolute Gasteiger partial charge is 0.347 e. The van der Waals surface area contributed by atoms with Crippen molar-refractivity contribution in [2.75, 3.05) is 37.7 Å². The topological polar surface area (TPSA) is 59.1 Å². The Balaban J connectivity index is 1.38. The van der Waals surface area contributed by atoms with Gasteiger partial charge in [-0.25, -0.2) is 0 Å². The lowest BCUT2D eigenvalue weighted by Gasteiger charge is -2.38. The molecule has 3 aliphatic rings. The van der Waals surface area contributed by atoms with Gasteiger partial charge in [0.05, 0.1) is 19.1 Å². The molecule has 3 fully saturated rings. The van der Waals surface area contributed by atoms with Crippen molar-refractivity contribution in [1.29, 1.82) is 0 Å². The molecular weight excluding hydrogens is 344 g/mol. The molecule has 1 aromatic rings. The highest BCUT2D eigenvalue weighted by Crippen LogP contribution is 2.33. The number of rotatable bonds is 2. The van der Waals surface area contributed by atoms with Crippen LogP contribution in [0.1, 0.15) is 19.3 Å². The maximum Gasteiger partial charge on any atom is 0.228 e. The molecular formula is C18H21ClN2O4. The predicted octanol–water partition coefficient (Wildman–Crippen LogP) is 2.06. The number of nitrogens with zero attached hydrogens (tertiary/aromatic N) is 2. The second-order valence-corrected chi connectivity index (χ2v) is 7.25. The van der Waals surface area contributed by atoms with Crippen LogP contribution < -0.4 is 4.90 Å². The third-order valence-corrected chi connectivity index (χ3v) is 5.52. The molecule has 0 aromatic heterocycles. The van der Waals surface area contributed by atoms with E-state index in [9.17, 15) is 9.59 Å². The zero-order chi connectivity index (χ0) is 17.4. The molecule has 0 bridgehead atoms. The van der Waals surface area contributed by atoms with Crippen LogP contribution in [0.4, 0.5) is 5.69 Å². The average molecular weight is 365 g/mol. The van der Waals surface area contributed by atoms with Gasteiger partial charge < -0.3 is 19.3 Å². The highest BCUT2D eigenvalue weighted by atomic mass is 35.5. The van der Waals surface area contributed by atoms with Crippen molar-refractivity contribution in [2.24, 2.45) is 5.92 Å². The van der Waals surface area contributed by atoms with Crippen LogP contribution in [0.25, 0.3) is 0 Å². The van der Waals surface area contributed by atoms with Crippen molar-refractivity contribution in [3.8, 4) is 0 Å². The highest BCUT2D eigenvalue weighted by Gasteiger charge is 2.43. The minimum Gasteiger partial charge on any atom is -0.347 e. The molecule has 134 valence electrons. The van der Waals surface area contributed by atoms with Gasteiger partial charge in [-0.3, -0.25) is 9.59 Å². The van der Waals surface area contributed by atoms with Crippen LogP contribution in [-0.2, 0) is 19.1 Å². The van der Waals surface area contributed by atoms with Gasteiger partial charge in [-0.2, -0.15) is 0 Å². The summed E-state index contributed by atoms with van der Waals surface area (Å²) in [5, 5.41) is 0.626. The van der Waals surface area contributed by atoms with E-state index in [2.05, 4.69) is 0 Å². The van der Waals surface area contributed by atoms with Gasteiger partial charge in [0.2, 0.25) is 11.8 Å². The van der Waals surface area contributed by atoms with Crippen LogP contribution in [0.5, 0.6) is 0 Å². The zero-order valence-electron chi connectivity index (χ0n) is 13.9. The number of likely N-dealkylation sites (tertiary alicyclic amines) is 1. The highest BCUT2D eigenvalue weighted by molar-refractivity contribution is 6.30. The number of ether oxygens (including phenoxy) is 2. The van der Waals surface area contributed by atoms with E-state index in [1.807, 2.05) is 17.0 Å². The molecule has 0 radical (unpaired) electrons. The molecule has 0 saturated carbocycles. The lowest BCUT2D eigenvalue weighted by atomic mass is 10.0. The maximum absolute atomic E-state index is 12.8. The number of hydrogen-bond donors (Lipinski definition) is 0. The van der Waals surface area contributed by atoms with Crippen molar-refractivity contribution >= 4 is 29.1 Å². The molecule has 7 heteroatoms. The number of halogens is 1. The van der Waals surface area contributed by atoms with Crippen LogP contribution >= 0.6 is 11.6 Å². The summed E-state index contributed by atoms with van der Waals surface area (Å²) in [7, 11) is 0. The Morgan fingerprint density at radius 2 is 1.76 bits per heavy atom. The fourth-order valence-electron chi connectivity index (χ4n) is 3.86. The first kappa shape index (κ1) is 16.8. The molecule has 2 amide bonds. The first-order valence-corrected chi connectivity index (χ1v) is 9.07. The SMILES string of the molecule is O=C(C1CC(=O)N(c2ccc(Cl)cc2)C1)N1CCC2(CC1)OCCO2. The normalized spacial score (nSPS) is 25.8. The lowest BCUT2D eigenvalue weighted by molar-refractivity contribution is -0.188. The Hall–Kier alpha value is -1.63. The van der Waals surface area contributed by atoms with Crippen molar-refractivity contribution in [3.05, 3.63) is 29.3 Å². The zero-order valence-corrected chi connectivity index (χ0v) is 14.7. The van der Waals surface area contributed by atoms with E-state index in [0.717, 1.165) is 5.69 Å². The van der Waals surface area contributed by atoms with E-state index in [1.54, 1.807) is 17.0 Å². The molecule has 1 unspecified atom stereocenters.